The normalized spacial score (nSPS) is 27.7. The Balaban J connectivity index is 1.48. The predicted octanol–water partition coefficient (Wildman–Crippen LogP) is 5.06. The van der Waals surface area contributed by atoms with Crippen molar-refractivity contribution in [3.8, 4) is 0 Å². The number of fused-ring (bicyclic) bond motifs is 1. The Hall–Kier alpha value is -2.09. The van der Waals surface area contributed by atoms with Crippen molar-refractivity contribution >= 4 is 11.9 Å². The van der Waals surface area contributed by atoms with Crippen LogP contribution >= 0.6 is 0 Å². The van der Waals surface area contributed by atoms with Crippen LogP contribution in [0.2, 0.25) is 0 Å². The number of ether oxygens (including phenoxy) is 1. The summed E-state index contributed by atoms with van der Waals surface area (Å²) in [5, 5.41) is 0. The van der Waals surface area contributed by atoms with Crippen LogP contribution in [-0.4, -0.2) is 54.0 Å². The predicted molar refractivity (Wildman–Crippen MR) is 126 cm³/mol. The van der Waals surface area contributed by atoms with Crippen LogP contribution in [0.4, 0.5) is 13.2 Å². The Morgan fingerprint density at radius 1 is 1.17 bits per heavy atom. The lowest BCUT2D eigenvalue weighted by molar-refractivity contribution is -0.151. The number of likely N-dealkylation sites (tertiary alicyclic amines) is 1. The highest BCUT2D eigenvalue weighted by Crippen LogP contribution is 2.48. The van der Waals surface area contributed by atoms with Crippen LogP contribution < -0.4 is 0 Å². The SMILES string of the molecule is CCOC(=O)C1CCCN(C2CCC(C(=O)N3CCc4ccc(C(F)(F)F)cc4C3)(C(C)C)C2)C1. The summed E-state index contributed by atoms with van der Waals surface area (Å²) in [6.45, 7) is 8.71. The molecule has 2 fully saturated rings. The maximum absolute atomic E-state index is 14.0. The van der Waals surface area contributed by atoms with Crippen LogP contribution in [0.3, 0.4) is 0 Å². The molecule has 0 radical (unpaired) electrons. The molecule has 0 aromatic heterocycles. The lowest BCUT2D eigenvalue weighted by Crippen LogP contribution is -2.49. The average molecular weight is 495 g/mol. The van der Waals surface area contributed by atoms with Gasteiger partial charge in [-0.05, 0) is 81.2 Å². The highest BCUT2D eigenvalue weighted by molar-refractivity contribution is 5.84. The second kappa shape index (κ2) is 10.1. The number of amides is 1. The molecule has 2 heterocycles. The first-order valence-electron chi connectivity index (χ1n) is 12.9. The van der Waals surface area contributed by atoms with E-state index >= 15 is 0 Å². The molecule has 5 nitrogen and oxygen atoms in total. The van der Waals surface area contributed by atoms with Crippen LogP contribution in [0.15, 0.2) is 18.2 Å². The minimum absolute atomic E-state index is 0.0667. The van der Waals surface area contributed by atoms with Gasteiger partial charge in [-0.2, -0.15) is 13.2 Å². The molecule has 4 rings (SSSR count). The number of rotatable bonds is 5. The van der Waals surface area contributed by atoms with Crippen molar-refractivity contribution in [1.82, 2.24) is 9.80 Å². The summed E-state index contributed by atoms with van der Waals surface area (Å²) in [5.74, 6) is -0.0629. The number of halogens is 3. The highest BCUT2D eigenvalue weighted by atomic mass is 19.4. The summed E-state index contributed by atoms with van der Waals surface area (Å²) in [4.78, 5) is 30.4. The van der Waals surface area contributed by atoms with E-state index in [9.17, 15) is 22.8 Å². The second-order valence-electron chi connectivity index (χ2n) is 10.8. The summed E-state index contributed by atoms with van der Waals surface area (Å²) in [6, 6.07) is 4.13. The zero-order valence-corrected chi connectivity index (χ0v) is 21.0. The first-order chi connectivity index (χ1) is 16.5. The molecule has 1 aliphatic carbocycles. The Bertz CT molecular complexity index is 948. The largest absolute Gasteiger partial charge is 0.466 e. The molecular formula is C27H37F3N2O3. The number of carbonyl (C=O) groups is 2. The first kappa shape index (κ1) is 26.0. The number of piperidine rings is 1. The molecular weight excluding hydrogens is 457 g/mol. The highest BCUT2D eigenvalue weighted by Gasteiger charge is 2.51. The molecule has 3 atom stereocenters. The van der Waals surface area contributed by atoms with E-state index in [0.717, 1.165) is 50.3 Å². The third kappa shape index (κ3) is 5.23. The molecule has 0 N–H and O–H groups in total. The quantitative estimate of drug-likeness (QED) is 0.537. The van der Waals surface area contributed by atoms with Crippen molar-refractivity contribution in [3.63, 3.8) is 0 Å². The van der Waals surface area contributed by atoms with Gasteiger partial charge in [0, 0.05) is 25.7 Å². The van der Waals surface area contributed by atoms with Gasteiger partial charge in [-0.15, -0.1) is 0 Å². The molecule has 8 heteroatoms. The van der Waals surface area contributed by atoms with E-state index < -0.39 is 17.2 Å². The standard InChI is InChI=1S/C27H37F3N2O3/c1-4-35-24(33)20-6-5-12-31(16-20)23-9-11-26(15-23,18(2)3)25(34)32-13-10-19-7-8-22(27(28,29)30)14-21(19)17-32/h7-8,14,18,20,23H,4-6,9-13,15-17H2,1-3H3. The third-order valence-corrected chi connectivity index (χ3v) is 8.48. The first-order valence-corrected chi connectivity index (χ1v) is 12.9. The Morgan fingerprint density at radius 3 is 2.63 bits per heavy atom. The number of carbonyl (C=O) groups excluding carboxylic acids is 2. The summed E-state index contributed by atoms with van der Waals surface area (Å²) >= 11 is 0. The molecule has 0 spiro atoms. The van der Waals surface area contributed by atoms with Crippen molar-refractivity contribution in [2.45, 2.75) is 78.1 Å². The fourth-order valence-electron chi connectivity index (χ4n) is 6.34. The molecule has 3 aliphatic rings. The zero-order chi connectivity index (χ0) is 25.4. The molecule has 194 valence electrons. The molecule has 1 saturated carbocycles. The topological polar surface area (TPSA) is 49.9 Å². The van der Waals surface area contributed by atoms with Gasteiger partial charge in [-0.3, -0.25) is 14.5 Å². The molecule has 1 aromatic carbocycles. The lowest BCUT2D eigenvalue weighted by atomic mass is 9.73. The van der Waals surface area contributed by atoms with Crippen molar-refractivity contribution < 1.29 is 27.5 Å². The number of hydrogen-bond donors (Lipinski definition) is 0. The van der Waals surface area contributed by atoms with E-state index in [4.69, 9.17) is 4.74 Å². The van der Waals surface area contributed by atoms with Crippen molar-refractivity contribution in [3.05, 3.63) is 34.9 Å². The van der Waals surface area contributed by atoms with Crippen LogP contribution in [0.5, 0.6) is 0 Å². The van der Waals surface area contributed by atoms with E-state index in [0.29, 0.717) is 31.7 Å². The van der Waals surface area contributed by atoms with E-state index in [1.54, 1.807) is 11.0 Å². The number of esters is 1. The minimum atomic E-state index is -4.39. The summed E-state index contributed by atoms with van der Waals surface area (Å²) in [6.07, 6.45) is 0.337. The van der Waals surface area contributed by atoms with Gasteiger partial charge < -0.3 is 9.64 Å². The molecule has 2 aliphatic heterocycles. The van der Waals surface area contributed by atoms with E-state index in [2.05, 4.69) is 18.7 Å². The number of benzene rings is 1. The van der Waals surface area contributed by atoms with Gasteiger partial charge in [0.05, 0.1) is 23.5 Å². The van der Waals surface area contributed by atoms with Crippen molar-refractivity contribution in [2.75, 3.05) is 26.2 Å². The van der Waals surface area contributed by atoms with E-state index in [1.807, 2.05) is 6.92 Å². The minimum Gasteiger partial charge on any atom is -0.466 e. The van der Waals surface area contributed by atoms with Gasteiger partial charge in [0.25, 0.3) is 0 Å². The summed E-state index contributed by atoms with van der Waals surface area (Å²) in [5.41, 5.74) is 0.302. The van der Waals surface area contributed by atoms with Crippen molar-refractivity contribution in [2.24, 2.45) is 17.3 Å². The molecule has 3 unspecified atom stereocenters. The number of hydrogen-bond acceptors (Lipinski definition) is 4. The van der Waals surface area contributed by atoms with Gasteiger partial charge >= 0.3 is 12.1 Å². The van der Waals surface area contributed by atoms with Crippen LogP contribution in [0, 0.1) is 17.3 Å². The number of nitrogens with zero attached hydrogens (tertiary/aromatic N) is 2. The fourth-order valence-corrected chi connectivity index (χ4v) is 6.34. The van der Waals surface area contributed by atoms with Crippen LogP contribution in [0.25, 0.3) is 0 Å². The molecule has 35 heavy (non-hydrogen) atoms. The number of alkyl halides is 3. The molecule has 0 bridgehead atoms. The van der Waals surface area contributed by atoms with Gasteiger partial charge in [-0.1, -0.05) is 19.9 Å². The van der Waals surface area contributed by atoms with Gasteiger partial charge in [0.1, 0.15) is 0 Å². The van der Waals surface area contributed by atoms with Crippen LogP contribution in [-0.2, 0) is 33.5 Å². The fraction of sp³-hybridized carbons (Fsp3) is 0.704. The smallest absolute Gasteiger partial charge is 0.416 e. The Morgan fingerprint density at radius 2 is 1.94 bits per heavy atom. The van der Waals surface area contributed by atoms with Gasteiger partial charge in [0.15, 0.2) is 0 Å². The van der Waals surface area contributed by atoms with Gasteiger partial charge in [-0.25, -0.2) is 0 Å². The maximum atomic E-state index is 14.0. The van der Waals surface area contributed by atoms with Crippen molar-refractivity contribution in [1.29, 1.82) is 0 Å². The van der Waals surface area contributed by atoms with Crippen LogP contribution in [0.1, 0.15) is 69.6 Å². The Kier molecular flexibility index (Phi) is 7.51. The average Bonchev–Trinajstić information content (AvgIpc) is 3.29. The summed E-state index contributed by atoms with van der Waals surface area (Å²) < 4.78 is 45.0. The van der Waals surface area contributed by atoms with Gasteiger partial charge in [0.2, 0.25) is 5.91 Å². The molecule has 1 saturated heterocycles. The van der Waals surface area contributed by atoms with E-state index in [1.165, 1.54) is 6.07 Å². The molecule has 1 aromatic rings. The molecule has 1 amide bonds. The Labute approximate surface area is 206 Å². The zero-order valence-electron chi connectivity index (χ0n) is 21.0. The third-order valence-electron chi connectivity index (χ3n) is 8.48. The lowest BCUT2D eigenvalue weighted by Gasteiger charge is -2.41. The second-order valence-corrected chi connectivity index (χ2v) is 10.8. The monoisotopic (exact) mass is 494 g/mol. The van der Waals surface area contributed by atoms with E-state index in [-0.39, 0.29) is 36.3 Å². The maximum Gasteiger partial charge on any atom is 0.416 e. The summed E-state index contributed by atoms with van der Waals surface area (Å²) in [7, 11) is 0.